The Morgan fingerprint density at radius 3 is 2.40 bits per heavy atom. The van der Waals surface area contributed by atoms with Crippen LogP contribution in [0.15, 0.2) is 36.7 Å². The highest BCUT2D eigenvalue weighted by Crippen LogP contribution is 2.13. The van der Waals surface area contributed by atoms with E-state index in [2.05, 4.69) is 46.2 Å². The summed E-state index contributed by atoms with van der Waals surface area (Å²) in [7, 11) is 0. The molecule has 2 aromatic heterocycles. The first-order chi connectivity index (χ1) is 9.72. The zero-order chi connectivity index (χ0) is 14.4. The van der Waals surface area contributed by atoms with Crippen molar-refractivity contribution in [1.82, 2.24) is 9.97 Å². The van der Waals surface area contributed by atoms with E-state index < -0.39 is 0 Å². The maximum atomic E-state index is 5.80. The molecule has 4 nitrogen and oxygen atoms in total. The van der Waals surface area contributed by atoms with Crippen molar-refractivity contribution >= 4 is 23.2 Å². The molecule has 0 spiro atoms. The molecule has 0 saturated carbocycles. The lowest BCUT2D eigenvalue weighted by molar-refractivity contribution is 0.844. The van der Waals surface area contributed by atoms with Gasteiger partial charge in [-0.2, -0.15) is 0 Å². The van der Waals surface area contributed by atoms with Gasteiger partial charge in [-0.05, 0) is 37.6 Å². The third-order valence-electron chi connectivity index (χ3n) is 3.10. The van der Waals surface area contributed by atoms with E-state index in [0.29, 0.717) is 11.6 Å². The van der Waals surface area contributed by atoms with E-state index in [1.165, 1.54) is 0 Å². The number of nitrogens with zero attached hydrogens (tertiary/aromatic N) is 3. The fourth-order valence-electron chi connectivity index (χ4n) is 1.93. The Hall–Kier alpha value is -1.81. The van der Waals surface area contributed by atoms with Gasteiger partial charge in [0.1, 0.15) is 11.6 Å². The van der Waals surface area contributed by atoms with Gasteiger partial charge in [-0.3, -0.25) is 0 Å². The van der Waals surface area contributed by atoms with Gasteiger partial charge in [0, 0.05) is 32.0 Å². The van der Waals surface area contributed by atoms with Crippen molar-refractivity contribution in [2.75, 3.05) is 23.3 Å². The van der Waals surface area contributed by atoms with Gasteiger partial charge < -0.3 is 10.2 Å². The highest BCUT2D eigenvalue weighted by molar-refractivity contribution is 6.30. The van der Waals surface area contributed by atoms with Crippen molar-refractivity contribution in [3.8, 4) is 0 Å². The van der Waals surface area contributed by atoms with E-state index in [1.807, 2.05) is 18.3 Å². The summed E-state index contributed by atoms with van der Waals surface area (Å²) in [5, 5.41) is 3.88. The SMILES string of the molecule is CCN(CC)c1ccc(CNc2ccc(Cl)cn2)cn1. The lowest BCUT2D eigenvalue weighted by Gasteiger charge is -2.19. The summed E-state index contributed by atoms with van der Waals surface area (Å²) in [4.78, 5) is 10.9. The first-order valence-electron chi connectivity index (χ1n) is 6.78. The first-order valence-corrected chi connectivity index (χ1v) is 7.16. The topological polar surface area (TPSA) is 41.0 Å². The summed E-state index contributed by atoms with van der Waals surface area (Å²) in [6.07, 6.45) is 3.53. The molecule has 106 valence electrons. The fraction of sp³-hybridized carbons (Fsp3) is 0.333. The molecule has 2 heterocycles. The molecule has 0 aliphatic heterocycles. The fourth-order valence-corrected chi connectivity index (χ4v) is 2.04. The quantitative estimate of drug-likeness (QED) is 0.883. The van der Waals surface area contributed by atoms with Crippen LogP contribution in [0.4, 0.5) is 11.6 Å². The van der Waals surface area contributed by atoms with Crippen LogP contribution in [0.2, 0.25) is 5.02 Å². The van der Waals surface area contributed by atoms with Crippen LogP contribution in [0.1, 0.15) is 19.4 Å². The predicted octanol–water partition coefficient (Wildman–Crippen LogP) is 3.59. The van der Waals surface area contributed by atoms with Gasteiger partial charge >= 0.3 is 0 Å². The number of pyridine rings is 2. The molecule has 2 rings (SSSR count). The van der Waals surface area contributed by atoms with Gasteiger partial charge in [-0.25, -0.2) is 9.97 Å². The van der Waals surface area contributed by atoms with Gasteiger partial charge in [-0.1, -0.05) is 17.7 Å². The van der Waals surface area contributed by atoms with E-state index in [4.69, 9.17) is 11.6 Å². The van der Waals surface area contributed by atoms with Crippen LogP contribution < -0.4 is 10.2 Å². The largest absolute Gasteiger partial charge is 0.366 e. The van der Waals surface area contributed by atoms with Crippen LogP contribution in [-0.4, -0.2) is 23.1 Å². The molecule has 0 amide bonds. The Kier molecular flexibility index (Phi) is 5.18. The average Bonchev–Trinajstić information content (AvgIpc) is 2.49. The number of hydrogen-bond acceptors (Lipinski definition) is 4. The van der Waals surface area contributed by atoms with Crippen molar-refractivity contribution < 1.29 is 0 Å². The Morgan fingerprint density at radius 1 is 1.05 bits per heavy atom. The van der Waals surface area contributed by atoms with Crippen molar-refractivity contribution in [2.45, 2.75) is 20.4 Å². The van der Waals surface area contributed by atoms with Gasteiger partial charge in [0.15, 0.2) is 0 Å². The van der Waals surface area contributed by atoms with Gasteiger partial charge in [0.25, 0.3) is 0 Å². The van der Waals surface area contributed by atoms with Gasteiger partial charge in [0.05, 0.1) is 5.02 Å². The highest BCUT2D eigenvalue weighted by atomic mass is 35.5. The van der Waals surface area contributed by atoms with Crippen molar-refractivity contribution in [2.24, 2.45) is 0 Å². The minimum atomic E-state index is 0.640. The predicted molar refractivity (Wildman–Crippen MR) is 84.4 cm³/mol. The monoisotopic (exact) mass is 290 g/mol. The van der Waals surface area contributed by atoms with Crippen LogP contribution in [-0.2, 0) is 6.54 Å². The maximum absolute atomic E-state index is 5.80. The molecule has 0 aliphatic rings. The van der Waals surface area contributed by atoms with E-state index >= 15 is 0 Å². The van der Waals surface area contributed by atoms with Crippen LogP contribution in [0.25, 0.3) is 0 Å². The number of anilines is 2. The van der Waals surface area contributed by atoms with Crippen molar-refractivity contribution in [3.63, 3.8) is 0 Å². The van der Waals surface area contributed by atoms with Crippen LogP contribution in [0.5, 0.6) is 0 Å². The minimum absolute atomic E-state index is 0.640. The maximum Gasteiger partial charge on any atom is 0.128 e. The highest BCUT2D eigenvalue weighted by Gasteiger charge is 2.03. The van der Waals surface area contributed by atoms with Gasteiger partial charge in [-0.15, -0.1) is 0 Å². The molecular weight excluding hydrogens is 272 g/mol. The van der Waals surface area contributed by atoms with E-state index in [-0.39, 0.29) is 0 Å². The normalized spacial score (nSPS) is 10.3. The van der Waals surface area contributed by atoms with Crippen molar-refractivity contribution in [1.29, 1.82) is 0 Å². The molecule has 20 heavy (non-hydrogen) atoms. The molecule has 0 atom stereocenters. The average molecular weight is 291 g/mol. The Labute approximate surface area is 124 Å². The summed E-state index contributed by atoms with van der Waals surface area (Å²) >= 11 is 5.80. The molecule has 0 aliphatic carbocycles. The number of halogens is 1. The lowest BCUT2D eigenvalue weighted by atomic mass is 10.2. The molecule has 5 heteroatoms. The molecule has 0 radical (unpaired) electrons. The second-order valence-electron chi connectivity index (χ2n) is 4.41. The molecule has 0 bridgehead atoms. The van der Waals surface area contributed by atoms with Crippen LogP contribution >= 0.6 is 11.6 Å². The molecular formula is C15H19ClN4. The number of nitrogens with one attached hydrogen (secondary N) is 1. The zero-order valence-corrected chi connectivity index (χ0v) is 12.6. The summed E-state index contributed by atoms with van der Waals surface area (Å²) in [6.45, 7) is 6.89. The third-order valence-corrected chi connectivity index (χ3v) is 3.32. The third kappa shape index (κ3) is 3.84. The van der Waals surface area contributed by atoms with Crippen molar-refractivity contribution in [3.05, 3.63) is 47.2 Å². The van der Waals surface area contributed by atoms with Gasteiger partial charge in [0.2, 0.25) is 0 Å². The van der Waals surface area contributed by atoms with E-state index in [1.54, 1.807) is 6.20 Å². The molecule has 0 aromatic carbocycles. The zero-order valence-electron chi connectivity index (χ0n) is 11.8. The number of hydrogen-bond donors (Lipinski definition) is 1. The summed E-state index contributed by atoms with van der Waals surface area (Å²) in [6, 6.07) is 7.82. The standard InChI is InChI=1S/C15H19ClN4/c1-3-20(4-2)15-8-5-12(10-19-15)9-17-14-7-6-13(16)11-18-14/h5-8,10-11H,3-4,9H2,1-2H3,(H,17,18). The number of rotatable bonds is 6. The first kappa shape index (κ1) is 14.6. The second-order valence-corrected chi connectivity index (χ2v) is 4.85. The van der Waals surface area contributed by atoms with Crippen LogP contribution in [0.3, 0.4) is 0 Å². The Bertz CT molecular complexity index is 521. The molecule has 1 N–H and O–H groups in total. The van der Waals surface area contributed by atoms with E-state index in [0.717, 1.165) is 30.3 Å². The summed E-state index contributed by atoms with van der Waals surface area (Å²) in [5.41, 5.74) is 1.12. The molecule has 2 aromatic rings. The number of aromatic nitrogens is 2. The Morgan fingerprint density at radius 2 is 1.85 bits per heavy atom. The molecule has 0 fully saturated rings. The smallest absolute Gasteiger partial charge is 0.128 e. The van der Waals surface area contributed by atoms with E-state index in [9.17, 15) is 0 Å². The molecule has 0 unspecified atom stereocenters. The van der Waals surface area contributed by atoms with Crippen LogP contribution in [0, 0.1) is 0 Å². The second kappa shape index (κ2) is 7.10. The molecule has 0 saturated heterocycles. The minimum Gasteiger partial charge on any atom is -0.366 e. The summed E-state index contributed by atoms with van der Waals surface area (Å²) in [5.74, 6) is 1.82. The Balaban J connectivity index is 1.95. The summed E-state index contributed by atoms with van der Waals surface area (Å²) < 4.78 is 0. The lowest BCUT2D eigenvalue weighted by Crippen LogP contribution is -2.22.